The molecule has 2 aliphatic rings. The molecule has 82 valence electrons. The van der Waals surface area contributed by atoms with E-state index in [4.69, 9.17) is 5.26 Å². The molecule has 0 bridgehead atoms. The van der Waals surface area contributed by atoms with Gasteiger partial charge in [0.05, 0.1) is 11.6 Å². The number of aryl methyl sites for hydroxylation is 1. The molecule has 1 N–H and O–H groups in total. The summed E-state index contributed by atoms with van der Waals surface area (Å²) < 4.78 is 0. The van der Waals surface area contributed by atoms with Gasteiger partial charge in [-0.1, -0.05) is 6.07 Å². The number of rotatable bonds is 0. The molecule has 1 aliphatic carbocycles. The van der Waals surface area contributed by atoms with Crippen LogP contribution < -0.4 is 5.32 Å². The summed E-state index contributed by atoms with van der Waals surface area (Å²) in [4.78, 5) is 0. The minimum absolute atomic E-state index is 0.644. The van der Waals surface area contributed by atoms with E-state index >= 15 is 0 Å². The first-order valence-electron chi connectivity index (χ1n) is 6.15. The Labute approximate surface area is 96.3 Å². The van der Waals surface area contributed by atoms with Crippen LogP contribution in [0.2, 0.25) is 0 Å². The number of nitriles is 1. The van der Waals surface area contributed by atoms with Crippen molar-refractivity contribution in [1.29, 1.82) is 5.26 Å². The van der Waals surface area contributed by atoms with Crippen LogP contribution in [0, 0.1) is 11.3 Å². The van der Waals surface area contributed by atoms with Crippen molar-refractivity contribution in [3.8, 4) is 6.07 Å². The number of nitrogens with one attached hydrogen (secondary N) is 1. The summed E-state index contributed by atoms with van der Waals surface area (Å²) in [6, 6.07) is 9.12. The maximum absolute atomic E-state index is 8.97. The average Bonchev–Trinajstić information content (AvgIpc) is 2.38. The van der Waals surface area contributed by atoms with Crippen LogP contribution in [-0.4, -0.2) is 12.6 Å². The number of hydrogen-bond donors (Lipinski definition) is 1. The average molecular weight is 212 g/mol. The third-order valence-corrected chi connectivity index (χ3v) is 3.98. The van der Waals surface area contributed by atoms with Crippen LogP contribution in [0.5, 0.6) is 0 Å². The van der Waals surface area contributed by atoms with Crippen molar-refractivity contribution >= 4 is 0 Å². The number of fused-ring (bicyclic) bond motifs is 3. The number of nitrogens with zero attached hydrogens (tertiary/aromatic N) is 1. The van der Waals surface area contributed by atoms with Gasteiger partial charge in [0.1, 0.15) is 0 Å². The van der Waals surface area contributed by atoms with Gasteiger partial charge >= 0.3 is 0 Å². The van der Waals surface area contributed by atoms with Gasteiger partial charge in [-0.05, 0) is 61.4 Å². The summed E-state index contributed by atoms with van der Waals surface area (Å²) in [5, 5.41) is 12.6. The molecule has 1 heterocycles. The Morgan fingerprint density at radius 2 is 2.25 bits per heavy atom. The Hall–Kier alpha value is -1.33. The van der Waals surface area contributed by atoms with Crippen LogP contribution in [0.3, 0.4) is 0 Å². The standard InChI is InChI=1S/C14H16N2/c15-9-10-3-4-11-5-6-14-12(13(11)8-10)2-1-7-16-14/h3-4,8,12,14,16H,1-2,5-7H2/t12?,14-/m0/s1. The molecule has 1 fully saturated rings. The molecule has 1 aliphatic heterocycles. The molecule has 16 heavy (non-hydrogen) atoms. The van der Waals surface area contributed by atoms with Crippen molar-refractivity contribution in [3.63, 3.8) is 0 Å². The molecule has 1 saturated heterocycles. The number of piperidine rings is 1. The van der Waals surface area contributed by atoms with Crippen LogP contribution in [-0.2, 0) is 6.42 Å². The van der Waals surface area contributed by atoms with Crippen molar-refractivity contribution in [3.05, 3.63) is 34.9 Å². The molecule has 1 aromatic carbocycles. The lowest BCUT2D eigenvalue weighted by molar-refractivity contribution is 0.319. The van der Waals surface area contributed by atoms with Gasteiger partial charge in [0, 0.05) is 6.04 Å². The van der Waals surface area contributed by atoms with Gasteiger partial charge in [-0.3, -0.25) is 0 Å². The van der Waals surface area contributed by atoms with Crippen LogP contribution >= 0.6 is 0 Å². The van der Waals surface area contributed by atoms with E-state index in [1.165, 1.54) is 30.4 Å². The second-order valence-electron chi connectivity index (χ2n) is 4.87. The van der Waals surface area contributed by atoms with E-state index in [1.807, 2.05) is 6.07 Å². The van der Waals surface area contributed by atoms with Crippen LogP contribution in [0.25, 0.3) is 0 Å². The SMILES string of the molecule is N#Cc1ccc2c(c1)C1CCCN[C@H]1CC2. The molecule has 2 nitrogen and oxygen atoms in total. The fraction of sp³-hybridized carbons (Fsp3) is 0.500. The third-order valence-electron chi connectivity index (χ3n) is 3.98. The predicted molar refractivity (Wildman–Crippen MR) is 63.2 cm³/mol. The van der Waals surface area contributed by atoms with Crippen molar-refractivity contribution in [2.75, 3.05) is 6.54 Å². The molecule has 0 aromatic heterocycles. The Kier molecular flexibility index (Phi) is 2.41. The first-order chi connectivity index (χ1) is 7.88. The highest BCUT2D eigenvalue weighted by Crippen LogP contribution is 2.37. The van der Waals surface area contributed by atoms with Gasteiger partial charge < -0.3 is 5.32 Å². The lowest BCUT2D eigenvalue weighted by Gasteiger charge is -2.38. The third kappa shape index (κ3) is 1.52. The molecular formula is C14H16N2. The lowest BCUT2D eigenvalue weighted by Crippen LogP contribution is -2.42. The Morgan fingerprint density at radius 3 is 3.12 bits per heavy atom. The summed E-state index contributed by atoms with van der Waals surface area (Å²) in [7, 11) is 0. The molecule has 0 spiro atoms. The second-order valence-corrected chi connectivity index (χ2v) is 4.87. The fourth-order valence-corrected chi connectivity index (χ4v) is 3.18. The molecule has 1 aromatic rings. The van der Waals surface area contributed by atoms with Gasteiger partial charge in [0.2, 0.25) is 0 Å². The smallest absolute Gasteiger partial charge is 0.0991 e. The predicted octanol–water partition coefficient (Wildman–Crippen LogP) is 2.34. The van der Waals surface area contributed by atoms with E-state index in [2.05, 4.69) is 23.5 Å². The zero-order valence-corrected chi connectivity index (χ0v) is 9.37. The van der Waals surface area contributed by atoms with Crippen molar-refractivity contribution in [1.82, 2.24) is 5.32 Å². The van der Waals surface area contributed by atoms with E-state index in [1.54, 1.807) is 0 Å². The monoisotopic (exact) mass is 212 g/mol. The zero-order chi connectivity index (χ0) is 11.0. The Morgan fingerprint density at radius 1 is 1.31 bits per heavy atom. The summed E-state index contributed by atoms with van der Waals surface area (Å²) in [6.45, 7) is 1.16. The van der Waals surface area contributed by atoms with Gasteiger partial charge in [0.25, 0.3) is 0 Å². The largest absolute Gasteiger partial charge is 0.313 e. The maximum atomic E-state index is 8.97. The van der Waals surface area contributed by atoms with Crippen LogP contribution in [0.4, 0.5) is 0 Å². The first-order valence-corrected chi connectivity index (χ1v) is 6.15. The fourth-order valence-electron chi connectivity index (χ4n) is 3.18. The van der Waals surface area contributed by atoms with Gasteiger partial charge in [-0.15, -0.1) is 0 Å². The van der Waals surface area contributed by atoms with E-state index in [0.717, 1.165) is 18.5 Å². The number of benzene rings is 1. The topological polar surface area (TPSA) is 35.8 Å². The first kappa shape index (κ1) is 9.86. The van der Waals surface area contributed by atoms with Crippen molar-refractivity contribution in [2.24, 2.45) is 0 Å². The normalized spacial score (nSPS) is 27.7. The Bertz CT molecular complexity index is 445. The van der Waals surface area contributed by atoms with Crippen LogP contribution in [0.15, 0.2) is 18.2 Å². The maximum Gasteiger partial charge on any atom is 0.0991 e. The minimum Gasteiger partial charge on any atom is -0.313 e. The highest BCUT2D eigenvalue weighted by Gasteiger charge is 2.31. The molecule has 0 radical (unpaired) electrons. The van der Waals surface area contributed by atoms with E-state index < -0.39 is 0 Å². The van der Waals surface area contributed by atoms with Crippen molar-refractivity contribution in [2.45, 2.75) is 37.6 Å². The van der Waals surface area contributed by atoms with Gasteiger partial charge in [-0.25, -0.2) is 0 Å². The van der Waals surface area contributed by atoms with E-state index in [0.29, 0.717) is 12.0 Å². The minimum atomic E-state index is 0.644. The molecule has 0 saturated carbocycles. The summed E-state index contributed by atoms with van der Waals surface area (Å²) >= 11 is 0. The summed E-state index contributed by atoms with van der Waals surface area (Å²) in [5.74, 6) is 0.644. The molecule has 0 amide bonds. The summed E-state index contributed by atoms with van der Waals surface area (Å²) in [6.07, 6.45) is 4.95. The lowest BCUT2D eigenvalue weighted by atomic mass is 9.75. The van der Waals surface area contributed by atoms with Crippen molar-refractivity contribution < 1.29 is 0 Å². The molecule has 1 unspecified atom stereocenters. The van der Waals surface area contributed by atoms with Gasteiger partial charge in [0.15, 0.2) is 0 Å². The number of hydrogen-bond acceptors (Lipinski definition) is 2. The Balaban J connectivity index is 2.02. The van der Waals surface area contributed by atoms with Gasteiger partial charge in [-0.2, -0.15) is 5.26 Å². The molecular weight excluding hydrogens is 196 g/mol. The van der Waals surface area contributed by atoms with Crippen LogP contribution in [0.1, 0.15) is 41.9 Å². The quantitative estimate of drug-likeness (QED) is 0.716. The highest BCUT2D eigenvalue weighted by molar-refractivity contribution is 5.42. The molecule has 3 rings (SSSR count). The van der Waals surface area contributed by atoms with E-state index in [9.17, 15) is 0 Å². The molecule has 2 heteroatoms. The van der Waals surface area contributed by atoms with E-state index in [-0.39, 0.29) is 0 Å². The molecule has 2 atom stereocenters. The second kappa shape index (κ2) is 3.92. The highest BCUT2D eigenvalue weighted by atomic mass is 14.9. The summed E-state index contributed by atoms with van der Waals surface area (Å²) in [5.41, 5.74) is 3.71. The zero-order valence-electron chi connectivity index (χ0n) is 9.37.